The Labute approximate surface area is 74.2 Å². The molecule has 0 radical (unpaired) electrons. The fraction of sp³-hybridized carbons (Fsp3) is 0.300. The highest BCUT2D eigenvalue weighted by atomic mass is 15.1. The summed E-state index contributed by atoms with van der Waals surface area (Å²) in [4.78, 5) is 2.09. The van der Waals surface area contributed by atoms with E-state index in [0.29, 0.717) is 0 Å². The summed E-state index contributed by atoms with van der Waals surface area (Å²) in [7, 11) is 7.79. The molecule has 0 aromatic heterocycles. The fourth-order valence-corrected chi connectivity index (χ4v) is 1.10. The molecule has 0 fully saturated rings. The minimum atomic E-state index is 0.952. The number of hydrogen-bond donors (Lipinski definition) is 1. The van der Waals surface area contributed by atoms with Crippen LogP contribution in [0.1, 0.15) is 5.56 Å². The molecule has 0 unspecified atom stereocenters. The van der Waals surface area contributed by atoms with Crippen LogP contribution in [0.3, 0.4) is 0 Å². The molecule has 0 saturated carbocycles. The lowest BCUT2D eigenvalue weighted by molar-refractivity contribution is -0.612. The first-order chi connectivity index (χ1) is 5.74. The van der Waals surface area contributed by atoms with E-state index in [2.05, 4.69) is 36.2 Å². The smallest absolute Gasteiger partial charge is 0.0773 e. The van der Waals surface area contributed by atoms with Crippen molar-refractivity contribution in [1.82, 2.24) is 0 Å². The zero-order chi connectivity index (χ0) is 8.97. The van der Waals surface area contributed by atoms with E-state index in [1.807, 2.05) is 19.4 Å². The summed E-state index contributed by atoms with van der Waals surface area (Å²) in [6.07, 6.45) is 0. The molecule has 1 aromatic rings. The van der Waals surface area contributed by atoms with Crippen LogP contribution in [0.25, 0.3) is 0 Å². The SMILES string of the molecule is [CH2-][NH2+]Cc1ccc(N(C)C)cc1. The number of quaternary nitrogens is 1. The largest absolute Gasteiger partial charge is 0.475 e. The van der Waals surface area contributed by atoms with Gasteiger partial charge in [-0.2, -0.15) is 7.05 Å². The average Bonchev–Trinajstić information content (AvgIpc) is 2.06. The zero-order valence-corrected chi connectivity index (χ0v) is 7.75. The number of hydrogen-bond acceptors (Lipinski definition) is 1. The number of nitrogens with two attached hydrogens (primary N) is 1. The molecule has 2 heteroatoms. The van der Waals surface area contributed by atoms with Gasteiger partial charge in [-0.3, -0.25) is 0 Å². The third-order valence-electron chi connectivity index (χ3n) is 1.83. The molecule has 0 spiro atoms. The Morgan fingerprint density at radius 2 is 1.83 bits per heavy atom. The summed E-state index contributed by atoms with van der Waals surface area (Å²) < 4.78 is 0. The first-order valence-electron chi connectivity index (χ1n) is 4.11. The van der Waals surface area contributed by atoms with Gasteiger partial charge in [-0.15, -0.1) is 0 Å². The second-order valence-electron chi connectivity index (χ2n) is 3.05. The van der Waals surface area contributed by atoms with Crippen molar-refractivity contribution in [2.75, 3.05) is 19.0 Å². The molecule has 2 N–H and O–H groups in total. The third-order valence-corrected chi connectivity index (χ3v) is 1.83. The van der Waals surface area contributed by atoms with Crippen LogP contribution in [0.2, 0.25) is 0 Å². The summed E-state index contributed by atoms with van der Waals surface area (Å²) in [5, 5.41) is 1.92. The van der Waals surface area contributed by atoms with E-state index in [4.69, 9.17) is 0 Å². The molecule has 0 atom stereocenters. The summed E-state index contributed by atoms with van der Waals surface area (Å²) in [5.74, 6) is 0. The van der Waals surface area contributed by atoms with Gasteiger partial charge in [0.2, 0.25) is 0 Å². The van der Waals surface area contributed by atoms with Crippen molar-refractivity contribution >= 4 is 5.69 Å². The van der Waals surface area contributed by atoms with Crippen LogP contribution in [0, 0.1) is 7.05 Å². The van der Waals surface area contributed by atoms with Crippen LogP contribution >= 0.6 is 0 Å². The van der Waals surface area contributed by atoms with E-state index in [1.54, 1.807) is 0 Å². The predicted molar refractivity (Wildman–Crippen MR) is 51.8 cm³/mol. The normalized spacial score (nSPS) is 9.92. The van der Waals surface area contributed by atoms with Gasteiger partial charge in [0.15, 0.2) is 0 Å². The van der Waals surface area contributed by atoms with Gasteiger partial charge in [0.05, 0.1) is 6.54 Å². The van der Waals surface area contributed by atoms with Gasteiger partial charge < -0.3 is 10.2 Å². The number of anilines is 1. The van der Waals surface area contributed by atoms with Crippen LogP contribution in [0.15, 0.2) is 24.3 Å². The van der Waals surface area contributed by atoms with E-state index in [0.717, 1.165) is 6.54 Å². The summed E-state index contributed by atoms with van der Waals surface area (Å²) in [6.45, 7) is 0.952. The van der Waals surface area contributed by atoms with Crippen molar-refractivity contribution in [3.8, 4) is 0 Å². The van der Waals surface area contributed by atoms with Gasteiger partial charge in [0.1, 0.15) is 0 Å². The Kier molecular flexibility index (Phi) is 3.11. The van der Waals surface area contributed by atoms with Gasteiger partial charge >= 0.3 is 0 Å². The number of benzene rings is 1. The number of nitrogens with zero attached hydrogens (tertiary/aromatic N) is 1. The zero-order valence-electron chi connectivity index (χ0n) is 7.75. The lowest BCUT2D eigenvalue weighted by atomic mass is 10.2. The van der Waals surface area contributed by atoms with Crippen molar-refractivity contribution in [2.24, 2.45) is 0 Å². The molecule has 0 aliphatic heterocycles. The topological polar surface area (TPSA) is 19.9 Å². The Balaban J connectivity index is 2.71. The highest BCUT2D eigenvalue weighted by Crippen LogP contribution is 2.11. The van der Waals surface area contributed by atoms with Gasteiger partial charge in [-0.1, -0.05) is 12.1 Å². The second kappa shape index (κ2) is 4.12. The first kappa shape index (κ1) is 9.07. The minimum absolute atomic E-state index is 0.952. The van der Waals surface area contributed by atoms with Crippen LogP contribution in [-0.4, -0.2) is 14.1 Å². The van der Waals surface area contributed by atoms with Gasteiger partial charge in [0.25, 0.3) is 0 Å². The monoisotopic (exact) mass is 164 g/mol. The van der Waals surface area contributed by atoms with Crippen molar-refractivity contribution in [1.29, 1.82) is 0 Å². The molecule has 0 aliphatic rings. The third kappa shape index (κ3) is 2.24. The first-order valence-corrected chi connectivity index (χ1v) is 4.11. The van der Waals surface area contributed by atoms with Crippen molar-refractivity contribution in [3.63, 3.8) is 0 Å². The van der Waals surface area contributed by atoms with Crippen LogP contribution in [-0.2, 0) is 6.54 Å². The molecule has 0 saturated heterocycles. The quantitative estimate of drug-likeness (QED) is 0.649. The summed E-state index contributed by atoms with van der Waals surface area (Å²) in [6, 6.07) is 8.52. The van der Waals surface area contributed by atoms with E-state index in [-0.39, 0.29) is 0 Å². The Morgan fingerprint density at radius 3 is 2.25 bits per heavy atom. The van der Waals surface area contributed by atoms with Crippen molar-refractivity contribution in [2.45, 2.75) is 6.54 Å². The highest BCUT2D eigenvalue weighted by Gasteiger charge is 1.94. The summed E-state index contributed by atoms with van der Waals surface area (Å²) >= 11 is 0. The fourth-order valence-electron chi connectivity index (χ4n) is 1.10. The molecule has 1 aromatic carbocycles. The van der Waals surface area contributed by atoms with Gasteiger partial charge in [0, 0.05) is 25.3 Å². The van der Waals surface area contributed by atoms with Crippen molar-refractivity contribution in [3.05, 3.63) is 36.9 Å². The maximum absolute atomic E-state index is 3.70. The number of rotatable bonds is 3. The molecular weight excluding hydrogens is 148 g/mol. The van der Waals surface area contributed by atoms with Crippen LogP contribution in [0.4, 0.5) is 5.69 Å². The van der Waals surface area contributed by atoms with E-state index in [9.17, 15) is 0 Å². The van der Waals surface area contributed by atoms with E-state index in [1.165, 1.54) is 11.3 Å². The Bertz CT molecular complexity index is 226. The predicted octanol–water partition coefficient (Wildman–Crippen LogP) is 0.608. The second-order valence-corrected chi connectivity index (χ2v) is 3.05. The maximum atomic E-state index is 3.70. The van der Waals surface area contributed by atoms with Gasteiger partial charge in [-0.05, 0) is 12.1 Å². The molecule has 0 aliphatic carbocycles. The lowest BCUT2D eigenvalue weighted by Gasteiger charge is -2.12. The maximum Gasteiger partial charge on any atom is 0.0773 e. The van der Waals surface area contributed by atoms with Crippen LogP contribution in [0.5, 0.6) is 0 Å². The molecule has 0 bridgehead atoms. The standard InChI is InChI=1S/C10H16N2/c1-11-8-9-4-6-10(7-5-9)12(2)3/h4-7H,1,8,11H2,2-3H3. The Hall–Kier alpha value is -1.02. The van der Waals surface area contributed by atoms with E-state index >= 15 is 0 Å². The molecule has 12 heavy (non-hydrogen) atoms. The average molecular weight is 164 g/mol. The molecule has 2 nitrogen and oxygen atoms in total. The lowest BCUT2D eigenvalue weighted by Crippen LogP contribution is -2.74. The van der Waals surface area contributed by atoms with E-state index < -0.39 is 0 Å². The van der Waals surface area contributed by atoms with Crippen molar-refractivity contribution < 1.29 is 5.32 Å². The molecule has 0 heterocycles. The van der Waals surface area contributed by atoms with Gasteiger partial charge in [-0.25, -0.2) is 0 Å². The highest BCUT2D eigenvalue weighted by molar-refractivity contribution is 5.45. The Morgan fingerprint density at radius 1 is 1.25 bits per heavy atom. The van der Waals surface area contributed by atoms with Crippen LogP contribution < -0.4 is 10.2 Å². The molecule has 0 amide bonds. The molecular formula is C10H16N2. The molecule has 66 valence electrons. The minimum Gasteiger partial charge on any atom is -0.475 e. The molecule has 1 rings (SSSR count). The summed E-state index contributed by atoms with van der Waals surface area (Å²) in [5.41, 5.74) is 2.55.